The van der Waals surface area contributed by atoms with Gasteiger partial charge in [-0.2, -0.15) is 0 Å². The van der Waals surface area contributed by atoms with Crippen molar-refractivity contribution >= 4 is 41.0 Å². The van der Waals surface area contributed by atoms with Gasteiger partial charge in [-0.05, 0) is 34.6 Å². The highest BCUT2D eigenvalue weighted by Crippen LogP contribution is 2.19. The molecule has 2 amide bonds. The van der Waals surface area contributed by atoms with Crippen LogP contribution < -0.4 is 16.4 Å². The van der Waals surface area contributed by atoms with Gasteiger partial charge in [0.25, 0.3) is 5.91 Å². The molecule has 1 aromatic heterocycles. The van der Waals surface area contributed by atoms with Crippen LogP contribution in [0.5, 0.6) is 0 Å². The minimum Gasteiger partial charge on any atom is -0.379 e. The Hall–Kier alpha value is -2.26. The van der Waals surface area contributed by atoms with Crippen LogP contribution in [0, 0.1) is 0 Å². The highest BCUT2D eigenvalue weighted by Gasteiger charge is 2.15. The van der Waals surface area contributed by atoms with Crippen molar-refractivity contribution in [2.24, 2.45) is 0 Å². The SMILES string of the molecule is Nc1nonc1C(=O)NCCNC(=O)CSc1ccc(Cl)cc1. The number of benzene rings is 1. The highest BCUT2D eigenvalue weighted by molar-refractivity contribution is 8.00. The number of aromatic nitrogens is 2. The zero-order valence-electron chi connectivity index (χ0n) is 11.9. The lowest BCUT2D eigenvalue weighted by molar-refractivity contribution is -0.118. The summed E-state index contributed by atoms with van der Waals surface area (Å²) in [4.78, 5) is 24.3. The smallest absolute Gasteiger partial charge is 0.277 e. The number of nitrogens with two attached hydrogens (primary N) is 1. The summed E-state index contributed by atoms with van der Waals surface area (Å²) in [5.74, 6) is -0.448. The second-order valence-corrected chi connectivity index (χ2v) is 5.83. The molecule has 0 bridgehead atoms. The molecule has 2 aromatic rings. The Balaban J connectivity index is 1.62. The highest BCUT2D eigenvalue weighted by atomic mass is 35.5. The summed E-state index contributed by atoms with van der Waals surface area (Å²) in [5, 5.41) is 12.6. The van der Waals surface area contributed by atoms with Gasteiger partial charge in [-0.3, -0.25) is 9.59 Å². The van der Waals surface area contributed by atoms with Crippen molar-refractivity contribution in [3.05, 3.63) is 35.0 Å². The van der Waals surface area contributed by atoms with Crippen LogP contribution in [0.4, 0.5) is 5.82 Å². The Bertz CT molecular complexity index is 677. The van der Waals surface area contributed by atoms with E-state index in [9.17, 15) is 9.59 Å². The molecule has 0 aliphatic heterocycles. The first-order chi connectivity index (χ1) is 11.1. The van der Waals surface area contributed by atoms with Crippen LogP contribution in [0.25, 0.3) is 0 Å². The Morgan fingerprint density at radius 2 is 1.87 bits per heavy atom. The van der Waals surface area contributed by atoms with Crippen LogP contribution in [0.2, 0.25) is 5.02 Å². The van der Waals surface area contributed by atoms with E-state index in [1.54, 1.807) is 12.1 Å². The first kappa shape index (κ1) is 17.1. The van der Waals surface area contributed by atoms with E-state index in [4.69, 9.17) is 17.3 Å². The van der Waals surface area contributed by atoms with Gasteiger partial charge < -0.3 is 16.4 Å². The van der Waals surface area contributed by atoms with E-state index in [-0.39, 0.29) is 36.3 Å². The number of thioether (sulfide) groups is 1. The second-order valence-electron chi connectivity index (χ2n) is 4.35. The third-order valence-corrected chi connectivity index (χ3v) is 3.91. The zero-order chi connectivity index (χ0) is 16.7. The summed E-state index contributed by atoms with van der Waals surface area (Å²) < 4.78 is 4.33. The van der Waals surface area contributed by atoms with Gasteiger partial charge in [0.15, 0.2) is 0 Å². The van der Waals surface area contributed by atoms with Crippen molar-refractivity contribution < 1.29 is 14.2 Å². The molecule has 1 aromatic carbocycles. The second kappa shape index (κ2) is 8.39. The molecule has 0 spiro atoms. The van der Waals surface area contributed by atoms with E-state index in [2.05, 4.69) is 25.6 Å². The third-order valence-electron chi connectivity index (χ3n) is 2.65. The van der Waals surface area contributed by atoms with Crippen molar-refractivity contribution in [1.82, 2.24) is 20.9 Å². The van der Waals surface area contributed by atoms with Crippen LogP contribution in [0.15, 0.2) is 33.8 Å². The van der Waals surface area contributed by atoms with E-state index < -0.39 is 5.91 Å². The molecule has 1 heterocycles. The molecule has 0 unspecified atom stereocenters. The van der Waals surface area contributed by atoms with E-state index in [1.165, 1.54) is 11.8 Å². The predicted octanol–water partition coefficient (Wildman–Crippen LogP) is 0.943. The molecule has 23 heavy (non-hydrogen) atoms. The van der Waals surface area contributed by atoms with Gasteiger partial charge in [-0.25, -0.2) is 4.63 Å². The minimum atomic E-state index is -0.506. The third kappa shape index (κ3) is 5.46. The summed E-state index contributed by atoms with van der Waals surface area (Å²) >= 11 is 7.18. The molecular formula is C13H14ClN5O3S. The lowest BCUT2D eigenvalue weighted by atomic mass is 10.4. The normalized spacial score (nSPS) is 10.3. The number of halogens is 1. The number of hydrogen-bond acceptors (Lipinski definition) is 7. The van der Waals surface area contributed by atoms with Crippen molar-refractivity contribution in [2.45, 2.75) is 4.90 Å². The largest absolute Gasteiger partial charge is 0.379 e. The quantitative estimate of drug-likeness (QED) is 0.499. The molecule has 8 nitrogen and oxygen atoms in total. The number of nitrogen functional groups attached to an aromatic ring is 1. The maximum absolute atomic E-state index is 11.7. The number of amides is 2. The summed E-state index contributed by atoms with van der Waals surface area (Å²) in [5.41, 5.74) is 5.31. The minimum absolute atomic E-state index is 0.0744. The topological polar surface area (TPSA) is 123 Å². The van der Waals surface area contributed by atoms with E-state index >= 15 is 0 Å². The first-order valence-electron chi connectivity index (χ1n) is 6.57. The van der Waals surface area contributed by atoms with Crippen molar-refractivity contribution in [3.8, 4) is 0 Å². The van der Waals surface area contributed by atoms with Gasteiger partial charge in [0, 0.05) is 23.0 Å². The number of carbonyl (C=O) groups is 2. The van der Waals surface area contributed by atoms with Crippen LogP contribution in [-0.2, 0) is 4.79 Å². The average molecular weight is 356 g/mol. The number of hydrogen-bond donors (Lipinski definition) is 3. The van der Waals surface area contributed by atoms with E-state index in [0.29, 0.717) is 5.02 Å². The molecule has 122 valence electrons. The van der Waals surface area contributed by atoms with Crippen LogP contribution in [-0.4, -0.2) is 41.0 Å². The lowest BCUT2D eigenvalue weighted by Gasteiger charge is -2.06. The van der Waals surface area contributed by atoms with Crippen LogP contribution in [0.3, 0.4) is 0 Å². The molecule has 0 aliphatic rings. The molecule has 0 saturated carbocycles. The van der Waals surface area contributed by atoms with Gasteiger partial charge >= 0.3 is 0 Å². The first-order valence-corrected chi connectivity index (χ1v) is 7.94. The fraction of sp³-hybridized carbons (Fsp3) is 0.231. The Morgan fingerprint density at radius 1 is 1.17 bits per heavy atom. The molecule has 0 fully saturated rings. The Labute approximate surface area is 141 Å². The maximum atomic E-state index is 11.7. The summed E-state index contributed by atoms with van der Waals surface area (Å²) in [6.07, 6.45) is 0. The fourth-order valence-electron chi connectivity index (χ4n) is 1.55. The van der Waals surface area contributed by atoms with Gasteiger partial charge in [-0.1, -0.05) is 11.6 Å². The number of nitrogens with one attached hydrogen (secondary N) is 2. The molecular weight excluding hydrogens is 342 g/mol. The number of anilines is 1. The molecule has 0 radical (unpaired) electrons. The predicted molar refractivity (Wildman–Crippen MR) is 86.2 cm³/mol. The van der Waals surface area contributed by atoms with Gasteiger partial charge in [0.2, 0.25) is 17.4 Å². The van der Waals surface area contributed by atoms with Crippen molar-refractivity contribution in [1.29, 1.82) is 0 Å². The summed E-state index contributed by atoms with van der Waals surface area (Å²) in [7, 11) is 0. The average Bonchev–Trinajstić information content (AvgIpc) is 2.97. The van der Waals surface area contributed by atoms with Gasteiger partial charge in [0.1, 0.15) is 0 Å². The molecule has 0 saturated heterocycles. The summed E-state index contributed by atoms with van der Waals surface area (Å²) in [6.45, 7) is 0.527. The lowest BCUT2D eigenvalue weighted by Crippen LogP contribution is -2.35. The van der Waals surface area contributed by atoms with Gasteiger partial charge in [-0.15, -0.1) is 11.8 Å². The monoisotopic (exact) mass is 355 g/mol. The number of carbonyl (C=O) groups excluding carboxylic acids is 2. The molecule has 4 N–H and O–H groups in total. The van der Waals surface area contributed by atoms with Gasteiger partial charge in [0.05, 0.1) is 5.75 Å². The molecule has 0 aliphatic carbocycles. The Kier molecular flexibility index (Phi) is 6.24. The molecule has 10 heteroatoms. The summed E-state index contributed by atoms with van der Waals surface area (Å²) in [6, 6.07) is 7.22. The number of nitrogens with zero attached hydrogens (tertiary/aromatic N) is 2. The molecule has 0 atom stereocenters. The van der Waals surface area contributed by atoms with Crippen molar-refractivity contribution in [2.75, 3.05) is 24.6 Å². The molecule has 2 rings (SSSR count). The maximum Gasteiger partial charge on any atom is 0.277 e. The zero-order valence-corrected chi connectivity index (χ0v) is 13.5. The van der Waals surface area contributed by atoms with E-state index in [0.717, 1.165) is 4.90 Å². The number of rotatable bonds is 7. The van der Waals surface area contributed by atoms with Crippen molar-refractivity contribution in [3.63, 3.8) is 0 Å². The van der Waals surface area contributed by atoms with Crippen LogP contribution >= 0.6 is 23.4 Å². The fourth-order valence-corrected chi connectivity index (χ4v) is 2.40. The Morgan fingerprint density at radius 3 is 2.52 bits per heavy atom. The standard InChI is InChI=1S/C13H14ClN5O3S/c14-8-1-3-9(4-2-8)23-7-10(20)16-5-6-17-13(21)11-12(15)19-22-18-11/h1-4H,5-7H2,(H2,15,19)(H,16,20)(H,17,21). The van der Waals surface area contributed by atoms with Crippen LogP contribution in [0.1, 0.15) is 10.5 Å². The van der Waals surface area contributed by atoms with E-state index in [1.807, 2.05) is 12.1 Å².